The molecule has 2 atom stereocenters. The number of benzene rings is 1. The summed E-state index contributed by atoms with van der Waals surface area (Å²) in [4.78, 5) is 42.5. The summed E-state index contributed by atoms with van der Waals surface area (Å²) in [7, 11) is 1.43. The second-order valence-corrected chi connectivity index (χ2v) is 9.49. The van der Waals surface area contributed by atoms with Crippen LogP contribution in [0.5, 0.6) is 11.5 Å². The number of methoxy groups -OCH3 is 1. The molecular formula is C28H29ClFN3O7. The molecule has 0 spiro atoms. The third-order valence-electron chi connectivity index (χ3n) is 6.36. The fourth-order valence-corrected chi connectivity index (χ4v) is 4.62. The molecule has 3 aromatic rings. The number of nitrogens with two attached hydrogens (primary N) is 1. The highest BCUT2D eigenvalue weighted by Gasteiger charge is 2.29. The van der Waals surface area contributed by atoms with E-state index in [4.69, 9.17) is 36.3 Å². The summed E-state index contributed by atoms with van der Waals surface area (Å²) in [5.41, 5.74) is 6.21. The van der Waals surface area contributed by atoms with Crippen LogP contribution in [0, 0.1) is 0 Å². The van der Waals surface area contributed by atoms with Crippen molar-refractivity contribution in [2.24, 2.45) is 5.73 Å². The molecular weight excluding hydrogens is 545 g/mol. The zero-order valence-electron chi connectivity index (χ0n) is 21.8. The van der Waals surface area contributed by atoms with Crippen LogP contribution >= 0.6 is 11.6 Å². The highest BCUT2D eigenvalue weighted by molar-refractivity contribution is 6.31. The van der Waals surface area contributed by atoms with Crippen molar-refractivity contribution in [2.45, 2.75) is 25.0 Å². The molecule has 0 radical (unpaired) electrons. The Morgan fingerprint density at radius 3 is 2.65 bits per heavy atom. The second-order valence-electron chi connectivity index (χ2n) is 9.06. The SMILES string of the molecule is COc1cn(C(CC2COCCO2)C(=O)Cc2ccc(C(N)=O)nc2)c(=O)cc1-c1cc(Cl)ccc1OCCF. The average molecular weight is 574 g/mol. The van der Waals surface area contributed by atoms with E-state index in [0.29, 0.717) is 40.7 Å². The molecule has 2 N–H and O–H groups in total. The number of aromatic nitrogens is 2. The van der Waals surface area contributed by atoms with Gasteiger partial charge in [-0.2, -0.15) is 0 Å². The molecule has 2 unspecified atom stereocenters. The number of ether oxygens (including phenoxy) is 4. The van der Waals surface area contributed by atoms with E-state index in [1.807, 2.05) is 0 Å². The van der Waals surface area contributed by atoms with Crippen molar-refractivity contribution in [3.8, 4) is 22.6 Å². The van der Waals surface area contributed by atoms with E-state index < -0.39 is 30.3 Å². The fraction of sp³-hybridized carbons (Fsp3) is 0.357. The van der Waals surface area contributed by atoms with Crippen molar-refractivity contribution in [2.75, 3.05) is 40.2 Å². The van der Waals surface area contributed by atoms with Gasteiger partial charge in [0, 0.05) is 41.3 Å². The van der Waals surface area contributed by atoms with Crippen LogP contribution in [-0.2, 0) is 20.7 Å². The van der Waals surface area contributed by atoms with E-state index in [-0.39, 0.29) is 43.3 Å². The van der Waals surface area contributed by atoms with Gasteiger partial charge in [0.25, 0.3) is 11.5 Å². The largest absolute Gasteiger partial charge is 0.495 e. The molecule has 1 aliphatic heterocycles. The Hall–Kier alpha value is -3.80. The minimum atomic E-state index is -0.931. The average Bonchev–Trinajstić information content (AvgIpc) is 2.96. The molecule has 1 aliphatic rings. The zero-order valence-corrected chi connectivity index (χ0v) is 22.6. The van der Waals surface area contributed by atoms with Crippen LogP contribution in [0.1, 0.15) is 28.5 Å². The summed E-state index contributed by atoms with van der Waals surface area (Å²) in [6.07, 6.45) is 2.56. The van der Waals surface area contributed by atoms with Gasteiger partial charge in [-0.1, -0.05) is 17.7 Å². The second kappa shape index (κ2) is 13.5. The minimum absolute atomic E-state index is 0.0592. The number of Topliss-reactive ketones (excluding diaryl/α,β-unsaturated/α-hetero) is 1. The Labute approximate surface area is 234 Å². The molecule has 40 heavy (non-hydrogen) atoms. The van der Waals surface area contributed by atoms with Gasteiger partial charge >= 0.3 is 0 Å². The number of hydrogen-bond acceptors (Lipinski definition) is 8. The van der Waals surface area contributed by atoms with E-state index in [9.17, 15) is 18.8 Å². The summed E-state index contributed by atoms with van der Waals surface area (Å²) in [5.74, 6) is -0.362. The van der Waals surface area contributed by atoms with Crippen LogP contribution in [0.3, 0.4) is 0 Å². The quantitative estimate of drug-likeness (QED) is 0.349. The number of primary amides is 1. The van der Waals surface area contributed by atoms with Crippen molar-refractivity contribution in [3.05, 3.63) is 75.4 Å². The number of carbonyl (C=O) groups is 2. The van der Waals surface area contributed by atoms with Crippen molar-refractivity contribution in [1.29, 1.82) is 0 Å². The Kier molecular flexibility index (Phi) is 9.86. The molecule has 212 valence electrons. The Morgan fingerprint density at radius 2 is 2.00 bits per heavy atom. The first-order valence-electron chi connectivity index (χ1n) is 12.6. The van der Waals surface area contributed by atoms with Gasteiger partial charge in [-0.15, -0.1) is 0 Å². The standard InChI is InChI=1S/C28H29ClFN3O7/c1-37-26-15-33(27(35)13-21(26)20-11-18(29)3-5-25(20)40-7-6-30)23(12-19-16-38-8-9-39-19)24(34)10-17-2-4-22(28(31)36)32-14-17/h2-5,11,13-15,19,23H,6-10,12,16H2,1H3,(H2,31,36). The summed E-state index contributed by atoms with van der Waals surface area (Å²) in [6.45, 7) is 0.224. The lowest BCUT2D eigenvalue weighted by molar-refractivity contribution is -0.126. The fourth-order valence-electron chi connectivity index (χ4n) is 4.45. The van der Waals surface area contributed by atoms with Gasteiger partial charge in [-0.05, 0) is 29.8 Å². The lowest BCUT2D eigenvalue weighted by Gasteiger charge is -2.28. The predicted octanol–water partition coefficient (Wildman–Crippen LogP) is 3.18. The number of rotatable bonds is 12. The van der Waals surface area contributed by atoms with Crippen molar-refractivity contribution < 1.29 is 32.9 Å². The number of amides is 1. The number of halogens is 2. The lowest BCUT2D eigenvalue weighted by Crippen LogP contribution is -2.37. The van der Waals surface area contributed by atoms with Gasteiger partial charge in [0.15, 0.2) is 5.78 Å². The maximum Gasteiger partial charge on any atom is 0.267 e. The Balaban J connectivity index is 1.72. The lowest BCUT2D eigenvalue weighted by atomic mass is 9.98. The molecule has 4 rings (SSSR count). The molecule has 10 nitrogen and oxygen atoms in total. The molecule has 12 heteroatoms. The van der Waals surface area contributed by atoms with Gasteiger partial charge in [0.1, 0.15) is 30.5 Å². The van der Waals surface area contributed by atoms with E-state index in [1.54, 1.807) is 24.3 Å². The van der Waals surface area contributed by atoms with Crippen LogP contribution in [-0.4, -0.2) is 67.6 Å². The Bertz CT molecular complexity index is 1410. The first kappa shape index (κ1) is 29.2. The molecule has 2 aromatic heterocycles. The van der Waals surface area contributed by atoms with Crippen LogP contribution in [0.15, 0.2) is 53.6 Å². The van der Waals surface area contributed by atoms with Crippen LogP contribution < -0.4 is 20.8 Å². The van der Waals surface area contributed by atoms with Crippen molar-refractivity contribution in [3.63, 3.8) is 0 Å². The molecule has 3 heterocycles. The normalized spacial score (nSPS) is 15.8. The Morgan fingerprint density at radius 1 is 1.20 bits per heavy atom. The number of ketones is 1. The molecule has 1 saturated heterocycles. The van der Waals surface area contributed by atoms with Crippen LogP contribution in [0.2, 0.25) is 5.02 Å². The predicted molar refractivity (Wildman–Crippen MR) is 145 cm³/mol. The summed E-state index contributed by atoms with van der Waals surface area (Å²) >= 11 is 6.22. The number of hydrogen-bond donors (Lipinski definition) is 1. The van der Waals surface area contributed by atoms with Crippen LogP contribution in [0.25, 0.3) is 11.1 Å². The molecule has 1 amide bonds. The first-order valence-corrected chi connectivity index (χ1v) is 12.9. The van der Waals surface area contributed by atoms with Gasteiger partial charge in [-0.3, -0.25) is 19.4 Å². The highest BCUT2D eigenvalue weighted by atomic mass is 35.5. The monoisotopic (exact) mass is 573 g/mol. The summed E-state index contributed by atoms with van der Waals surface area (Å²) in [6, 6.07) is 8.20. The first-order chi connectivity index (χ1) is 19.3. The smallest absolute Gasteiger partial charge is 0.267 e. The zero-order chi connectivity index (χ0) is 28.6. The topological polar surface area (TPSA) is 132 Å². The van der Waals surface area contributed by atoms with E-state index in [2.05, 4.69) is 4.98 Å². The molecule has 0 aliphatic carbocycles. The number of carbonyl (C=O) groups excluding carboxylic acids is 2. The summed E-state index contributed by atoms with van der Waals surface area (Å²) < 4.78 is 36.5. The highest BCUT2D eigenvalue weighted by Crippen LogP contribution is 2.38. The number of nitrogens with zero attached hydrogens (tertiary/aromatic N) is 2. The third kappa shape index (κ3) is 7.04. The van der Waals surface area contributed by atoms with E-state index in [1.165, 1.54) is 36.2 Å². The van der Waals surface area contributed by atoms with Gasteiger partial charge in [0.2, 0.25) is 0 Å². The van der Waals surface area contributed by atoms with Gasteiger partial charge in [-0.25, -0.2) is 4.39 Å². The summed E-state index contributed by atoms with van der Waals surface area (Å²) in [5, 5.41) is 0.382. The van der Waals surface area contributed by atoms with Crippen molar-refractivity contribution in [1.82, 2.24) is 9.55 Å². The molecule has 0 bridgehead atoms. The van der Waals surface area contributed by atoms with Crippen LogP contribution in [0.4, 0.5) is 4.39 Å². The van der Waals surface area contributed by atoms with E-state index >= 15 is 0 Å². The third-order valence-corrected chi connectivity index (χ3v) is 6.60. The number of alkyl halides is 1. The molecule has 1 fully saturated rings. The number of pyridine rings is 2. The molecule has 0 saturated carbocycles. The maximum atomic E-state index is 13.6. The van der Waals surface area contributed by atoms with Crippen molar-refractivity contribution >= 4 is 23.3 Å². The minimum Gasteiger partial charge on any atom is -0.495 e. The molecule has 1 aromatic carbocycles. The van der Waals surface area contributed by atoms with E-state index in [0.717, 1.165) is 0 Å². The van der Waals surface area contributed by atoms with Gasteiger partial charge in [0.05, 0.1) is 45.3 Å². The maximum absolute atomic E-state index is 13.6. The van der Waals surface area contributed by atoms with Gasteiger partial charge < -0.3 is 29.2 Å².